The van der Waals surface area contributed by atoms with Gasteiger partial charge in [-0.05, 0) is 67.9 Å². The smallest absolute Gasteiger partial charge is 0.255 e. The van der Waals surface area contributed by atoms with Crippen LogP contribution in [0.1, 0.15) is 32.9 Å². The molecule has 1 aromatic heterocycles. The molecule has 1 heterocycles. The fraction of sp³-hybridized carbons (Fsp3) is 0.185. The zero-order valence-electron chi connectivity index (χ0n) is 19.6. The van der Waals surface area contributed by atoms with E-state index in [1.54, 1.807) is 49.6 Å². The highest BCUT2D eigenvalue weighted by atomic mass is 35.5. The van der Waals surface area contributed by atoms with E-state index in [-0.39, 0.29) is 12.5 Å². The molecule has 180 valence electrons. The van der Waals surface area contributed by atoms with Crippen LogP contribution in [0.3, 0.4) is 0 Å². The maximum atomic E-state index is 13.1. The van der Waals surface area contributed by atoms with E-state index in [1.165, 1.54) is 0 Å². The molecule has 4 aromatic rings. The van der Waals surface area contributed by atoms with Gasteiger partial charge in [0.25, 0.3) is 5.91 Å². The van der Waals surface area contributed by atoms with Crippen molar-refractivity contribution in [1.82, 2.24) is 9.78 Å². The van der Waals surface area contributed by atoms with Crippen molar-refractivity contribution in [1.29, 1.82) is 0 Å². The van der Waals surface area contributed by atoms with E-state index in [4.69, 9.17) is 32.7 Å². The molecule has 1 amide bonds. The molecule has 0 unspecified atom stereocenters. The van der Waals surface area contributed by atoms with Gasteiger partial charge in [-0.15, -0.1) is 0 Å². The van der Waals surface area contributed by atoms with Gasteiger partial charge in [0.15, 0.2) is 0 Å². The Morgan fingerprint density at radius 1 is 1.00 bits per heavy atom. The standard InChI is InChI=1S/C27H25Cl2N3O3/c1-17-26(18(2)32(31-17)15-20-6-4-5-7-24(20)29)30-27(33)19-8-13-25(34-3)21(14-19)16-35-23-11-9-22(28)10-12-23/h4-14H,15-16H2,1-3H3,(H,30,33). The summed E-state index contributed by atoms with van der Waals surface area (Å²) in [7, 11) is 1.58. The average Bonchev–Trinajstić information content (AvgIpc) is 3.12. The minimum Gasteiger partial charge on any atom is -0.496 e. The predicted octanol–water partition coefficient (Wildman–Crippen LogP) is 6.69. The van der Waals surface area contributed by atoms with Gasteiger partial charge in [-0.3, -0.25) is 9.48 Å². The van der Waals surface area contributed by atoms with Gasteiger partial charge >= 0.3 is 0 Å². The van der Waals surface area contributed by atoms with Crippen LogP contribution in [0.2, 0.25) is 10.0 Å². The minimum absolute atomic E-state index is 0.236. The molecule has 0 aliphatic rings. The number of carbonyl (C=O) groups excluding carboxylic acids is 1. The van der Waals surface area contributed by atoms with E-state index in [0.717, 1.165) is 22.5 Å². The number of nitrogens with one attached hydrogen (secondary N) is 1. The van der Waals surface area contributed by atoms with Gasteiger partial charge in [-0.1, -0.05) is 41.4 Å². The summed E-state index contributed by atoms with van der Waals surface area (Å²) in [4.78, 5) is 13.1. The van der Waals surface area contributed by atoms with Crippen LogP contribution in [0.25, 0.3) is 0 Å². The summed E-state index contributed by atoms with van der Waals surface area (Å²) in [5.74, 6) is 1.06. The third-order valence-electron chi connectivity index (χ3n) is 5.65. The number of aromatic nitrogens is 2. The van der Waals surface area contributed by atoms with Crippen molar-refractivity contribution in [2.75, 3.05) is 12.4 Å². The van der Waals surface area contributed by atoms with E-state index in [2.05, 4.69) is 10.4 Å². The van der Waals surface area contributed by atoms with Crippen molar-refractivity contribution < 1.29 is 14.3 Å². The third-order valence-corrected chi connectivity index (χ3v) is 6.27. The van der Waals surface area contributed by atoms with Gasteiger partial charge in [-0.25, -0.2) is 0 Å². The number of aryl methyl sites for hydroxylation is 1. The second-order valence-electron chi connectivity index (χ2n) is 8.02. The average molecular weight is 510 g/mol. The summed E-state index contributed by atoms with van der Waals surface area (Å²) < 4.78 is 13.2. The first-order valence-electron chi connectivity index (χ1n) is 11.0. The Balaban J connectivity index is 1.51. The molecule has 0 aliphatic carbocycles. The molecule has 1 N–H and O–H groups in total. The molecule has 0 saturated heterocycles. The number of rotatable bonds is 8. The number of benzene rings is 3. The maximum Gasteiger partial charge on any atom is 0.255 e. The zero-order valence-corrected chi connectivity index (χ0v) is 21.2. The van der Waals surface area contributed by atoms with Crippen LogP contribution in [0, 0.1) is 13.8 Å². The quantitative estimate of drug-likeness (QED) is 0.287. The van der Waals surface area contributed by atoms with Crippen molar-refractivity contribution in [3.05, 3.63) is 105 Å². The Morgan fingerprint density at radius 2 is 1.74 bits per heavy atom. The van der Waals surface area contributed by atoms with Crippen molar-refractivity contribution in [3.63, 3.8) is 0 Å². The van der Waals surface area contributed by atoms with Crippen LogP contribution in [0.5, 0.6) is 11.5 Å². The van der Waals surface area contributed by atoms with Gasteiger partial charge in [0.05, 0.1) is 30.7 Å². The van der Waals surface area contributed by atoms with Crippen LogP contribution in [-0.4, -0.2) is 22.8 Å². The maximum absolute atomic E-state index is 13.1. The first-order chi connectivity index (χ1) is 16.9. The molecule has 35 heavy (non-hydrogen) atoms. The highest BCUT2D eigenvalue weighted by Crippen LogP contribution is 2.26. The third kappa shape index (κ3) is 5.78. The highest BCUT2D eigenvalue weighted by Gasteiger charge is 2.17. The van der Waals surface area contributed by atoms with E-state index in [0.29, 0.717) is 39.3 Å². The van der Waals surface area contributed by atoms with Gasteiger partial charge < -0.3 is 14.8 Å². The number of hydrogen-bond donors (Lipinski definition) is 1. The van der Waals surface area contributed by atoms with Crippen molar-refractivity contribution >= 4 is 34.8 Å². The molecule has 4 rings (SSSR count). The summed E-state index contributed by atoms with van der Waals surface area (Å²) in [5, 5.41) is 8.92. The number of anilines is 1. The van der Waals surface area contributed by atoms with Crippen molar-refractivity contribution in [3.8, 4) is 11.5 Å². The first kappa shape index (κ1) is 24.6. The Bertz CT molecular complexity index is 1350. The lowest BCUT2D eigenvalue weighted by atomic mass is 10.1. The monoisotopic (exact) mass is 509 g/mol. The number of ether oxygens (including phenoxy) is 2. The lowest BCUT2D eigenvalue weighted by Crippen LogP contribution is -2.14. The number of hydrogen-bond acceptors (Lipinski definition) is 4. The summed E-state index contributed by atoms with van der Waals surface area (Å²) >= 11 is 12.2. The predicted molar refractivity (Wildman–Crippen MR) is 139 cm³/mol. The van der Waals surface area contributed by atoms with E-state index in [1.807, 2.05) is 42.8 Å². The molecule has 0 saturated carbocycles. The second-order valence-corrected chi connectivity index (χ2v) is 8.86. The Kier molecular flexibility index (Phi) is 7.63. The molecule has 0 aliphatic heterocycles. The first-order valence-corrected chi connectivity index (χ1v) is 11.8. The topological polar surface area (TPSA) is 65.4 Å². The van der Waals surface area contributed by atoms with Crippen LogP contribution in [-0.2, 0) is 13.2 Å². The number of amides is 1. The summed E-state index contributed by atoms with van der Waals surface area (Å²) in [6.07, 6.45) is 0. The summed E-state index contributed by atoms with van der Waals surface area (Å²) in [5.41, 5.74) is 4.43. The van der Waals surface area contributed by atoms with Crippen LogP contribution in [0.4, 0.5) is 5.69 Å². The molecule has 3 aromatic carbocycles. The highest BCUT2D eigenvalue weighted by molar-refractivity contribution is 6.31. The van der Waals surface area contributed by atoms with Crippen molar-refractivity contribution in [2.24, 2.45) is 0 Å². The molecule has 0 bridgehead atoms. The minimum atomic E-state index is -0.246. The molecule has 0 radical (unpaired) electrons. The van der Waals surface area contributed by atoms with E-state index < -0.39 is 0 Å². The number of carbonyl (C=O) groups is 1. The summed E-state index contributed by atoms with van der Waals surface area (Å²) in [6.45, 7) is 4.54. The lowest BCUT2D eigenvalue weighted by molar-refractivity contribution is 0.102. The number of methoxy groups -OCH3 is 1. The molecule has 6 nitrogen and oxygen atoms in total. The molecular formula is C27H25Cl2N3O3. The van der Waals surface area contributed by atoms with E-state index in [9.17, 15) is 4.79 Å². The fourth-order valence-electron chi connectivity index (χ4n) is 3.73. The molecule has 0 fully saturated rings. The SMILES string of the molecule is COc1ccc(C(=O)Nc2c(C)nn(Cc3ccccc3Cl)c2C)cc1COc1ccc(Cl)cc1. The molecule has 0 atom stereocenters. The number of halogens is 2. The Labute approximate surface area is 214 Å². The number of nitrogens with zero attached hydrogens (tertiary/aromatic N) is 2. The lowest BCUT2D eigenvalue weighted by Gasteiger charge is -2.13. The van der Waals surface area contributed by atoms with Gasteiger partial charge in [0.1, 0.15) is 18.1 Å². The van der Waals surface area contributed by atoms with Crippen LogP contribution in [0.15, 0.2) is 66.7 Å². The van der Waals surface area contributed by atoms with Crippen LogP contribution >= 0.6 is 23.2 Å². The van der Waals surface area contributed by atoms with Gasteiger partial charge in [0, 0.05) is 21.2 Å². The normalized spacial score (nSPS) is 10.8. The Morgan fingerprint density at radius 3 is 2.46 bits per heavy atom. The summed E-state index contributed by atoms with van der Waals surface area (Å²) in [6, 6.07) is 20.0. The fourth-order valence-corrected chi connectivity index (χ4v) is 4.05. The second kappa shape index (κ2) is 10.8. The Hall–Kier alpha value is -3.48. The van der Waals surface area contributed by atoms with Crippen molar-refractivity contribution in [2.45, 2.75) is 27.0 Å². The van der Waals surface area contributed by atoms with E-state index >= 15 is 0 Å². The van der Waals surface area contributed by atoms with Gasteiger partial charge in [0.2, 0.25) is 0 Å². The zero-order chi connectivity index (χ0) is 24.9. The van der Waals surface area contributed by atoms with Gasteiger partial charge in [-0.2, -0.15) is 5.10 Å². The molecular weight excluding hydrogens is 485 g/mol. The molecule has 0 spiro atoms. The molecule has 8 heteroatoms. The largest absolute Gasteiger partial charge is 0.496 e. The van der Waals surface area contributed by atoms with Crippen LogP contribution < -0.4 is 14.8 Å².